The second-order valence-electron chi connectivity index (χ2n) is 5.91. The summed E-state index contributed by atoms with van der Waals surface area (Å²) in [6.45, 7) is 1.71. The fourth-order valence-electron chi connectivity index (χ4n) is 2.55. The fourth-order valence-corrected chi connectivity index (χ4v) is 3.12. The molecule has 140 valence electrons. The summed E-state index contributed by atoms with van der Waals surface area (Å²) in [5.74, 6) is -0.805. The zero-order chi connectivity index (χ0) is 19.6. The highest BCUT2D eigenvalue weighted by atomic mass is 32.2. The molecule has 7 nitrogen and oxygen atoms in total. The molecule has 0 radical (unpaired) electrons. The first-order valence-corrected chi connectivity index (χ1v) is 9.82. The molecule has 1 amide bonds. The summed E-state index contributed by atoms with van der Waals surface area (Å²) in [6, 6.07) is 12.2. The van der Waals surface area contributed by atoms with Crippen LogP contribution in [0.15, 0.2) is 54.7 Å². The third-order valence-corrected chi connectivity index (χ3v) is 4.39. The molecular weight excluding hydrogens is 371 g/mol. The van der Waals surface area contributed by atoms with E-state index in [-0.39, 0.29) is 11.5 Å². The van der Waals surface area contributed by atoms with Gasteiger partial charge in [0.25, 0.3) is 5.91 Å². The second kappa shape index (κ2) is 7.20. The molecule has 0 spiro atoms. The quantitative estimate of drug-likeness (QED) is 0.703. The van der Waals surface area contributed by atoms with Crippen LogP contribution in [-0.2, 0) is 10.0 Å². The van der Waals surface area contributed by atoms with E-state index in [0.29, 0.717) is 22.6 Å². The van der Waals surface area contributed by atoms with Gasteiger partial charge in [-0.15, -0.1) is 0 Å². The summed E-state index contributed by atoms with van der Waals surface area (Å²) in [5, 5.41) is 6.87. The lowest BCUT2D eigenvalue weighted by atomic mass is 10.2. The number of amides is 1. The topological polar surface area (TPSA) is 93.1 Å². The van der Waals surface area contributed by atoms with Crippen LogP contribution in [0, 0.1) is 12.7 Å². The zero-order valence-corrected chi connectivity index (χ0v) is 15.4. The molecular formula is C18H17FN4O3S. The van der Waals surface area contributed by atoms with E-state index in [4.69, 9.17) is 0 Å². The molecule has 0 aliphatic rings. The van der Waals surface area contributed by atoms with E-state index in [1.54, 1.807) is 43.3 Å². The first kappa shape index (κ1) is 18.6. The van der Waals surface area contributed by atoms with Crippen LogP contribution in [0.4, 0.5) is 15.8 Å². The van der Waals surface area contributed by atoms with Gasteiger partial charge in [-0.25, -0.2) is 17.5 Å². The van der Waals surface area contributed by atoms with E-state index in [9.17, 15) is 17.6 Å². The predicted octanol–water partition coefficient (Wildman–Crippen LogP) is 2.94. The molecule has 0 atom stereocenters. The van der Waals surface area contributed by atoms with E-state index >= 15 is 0 Å². The largest absolute Gasteiger partial charge is 0.320 e. The van der Waals surface area contributed by atoms with E-state index in [1.807, 2.05) is 0 Å². The van der Waals surface area contributed by atoms with E-state index in [0.717, 1.165) is 6.26 Å². The molecule has 2 aromatic carbocycles. The third-order valence-electron chi connectivity index (χ3n) is 3.80. The Morgan fingerprint density at radius 2 is 1.70 bits per heavy atom. The van der Waals surface area contributed by atoms with E-state index in [2.05, 4.69) is 15.1 Å². The zero-order valence-electron chi connectivity index (χ0n) is 14.6. The summed E-state index contributed by atoms with van der Waals surface area (Å²) in [4.78, 5) is 12.6. The summed E-state index contributed by atoms with van der Waals surface area (Å²) < 4.78 is 39.9. The van der Waals surface area contributed by atoms with Crippen LogP contribution in [0.3, 0.4) is 0 Å². The lowest BCUT2D eigenvalue weighted by molar-refractivity contribution is 0.102. The molecule has 3 aromatic rings. The van der Waals surface area contributed by atoms with Gasteiger partial charge in [-0.05, 0) is 43.3 Å². The van der Waals surface area contributed by atoms with Crippen molar-refractivity contribution in [1.82, 2.24) is 9.78 Å². The standard InChI is InChI=1S/C18H17FN4O3S/c1-12-15(11-20-23(12)14-9-7-13(19)8-10-14)18(24)21-16-5-3-4-6-17(16)22-27(2,25)26/h3-11,22H,1-2H3,(H,21,24). The van der Waals surface area contributed by atoms with Crippen molar-refractivity contribution in [1.29, 1.82) is 0 Å². The monoisotopic (exact) mass is 388 g/mol. The average Bonchev–Trinajstić information content (AvgIpc) is 2.98. The molecule has 2 N–H and O–H groups in total. The number of hydrogen-bond acceptors (Lipinski definition) is 4. The number of anilines is 2. The maximum atomic E-state index is 13.1. The Bertz CT molecular complexity index is 1090. The summed E-state index contributed by atoms with van der Waals surface area (Å²) >= 11 is 0. The second-order valence-corrected chi connectivity index (χ2v) is 7.65. The van der Waals surface area contributed by atoms with Crippen LogP contribution in [0.25, 0.3) is 5.69 Å². The number of carbonyl (C=O) groups is 1. The molecule has 0 fully saturated rings. The van der Waals surface area contributed by atoms with Gasteiger partial charge in [-0.1, -0.05) is 12.1 Å². The Balaban J connectivity index is 1.87. The Morgan fingerprint density at radius 3 is 2.33 bits per heavy atom. The minimum Gasteiger partial charge on any atom is -0.320 e. The van der Waals surface area contributed by atoms with Crippen LogP contribution < -0.4 is 10.0 Å². The number of nitrogens with one attached hydrogen (secondary N) is 2. The molecule has 0 aliphatic heterocycles. The number of hydrogen-bond donors (Lipinski definition) is 2. The Morgan fingerprint density at radius 1 is 1.07 bits per heavy atom. The number of halogens is 1. The van der Waals surface area contributed by atoms with Crippen LogP contribution in [0.5, 0.6) is 0 Å². The average molecular weight is 388 g/mol. The van der Waals surface area contributed by atoms with Gasteiger partial charge in [0.2, 0.25) is 10.0 Å². The van der Waals surface area contributed by atoms with Gasteiger partial charge in [0, 0.05) is 0 Å². The van der Waals surface area contributed by atoms with Gasteiger partial charge < -0.3 is 5.32 Å². The summed E-state index contributed by atoms with van der Waals surface area (Å²) in [7, 11) is -3.49. The number of benzene rings is 2. The number of carbonyl (C=O) groups excluding carboxylic acids is 1. The Labute approximate surface area is 155 Å². The van der Waals surface area contributed by atoms with E-state index in [1.165, 1.54) is 23.0 Å². The van der Waals surface area contributed by atoms with Crippen molar-refractivity contribution in [2.24, 2.45) is 0 Å². The number of rotatable bonds is 5. The van der Waals surface area contributed by atoms with Crippen LogP contribution in [-0.4, -0.2) is 30.4 Å². The van der Waals surface area contributed by atoms with Gasteiger partial charge in [-0.3, -0.25) is 9.52 Å². The maximum Gasteiger partial charge on any atom is 0.259 e. The molecule has 1 aromatic heterocycles. The normalized spacial score (nSPS) is 11.2. The predicted molar refractivity (Wildman–Crippen MR) is 101 cm³/mol. The highest BCUT2D eigenvalue weighted by Gasteiger charge is 2.17. The molecule has 1 heterocycles. The van der Waals surface area contributed by atoms with Gasteiger partial charge in [-0.2, -0.15) is 5.10 Å². The third kappa shape index (κ3) is 4.32. The molecule has 0 unspecified atom stereocenters. The first-order chi connectivity index (χ1) is 12.7. The highest BCUT2D eigenvalue weighted by Crippen LogP contribution is 2.23. The Hall–Kier alpha value is -3.20. The SMILES string of the molecule is Cc1c(C(=O)Nc2ccccc2NS(C)(=O)=O)cnn1-c1ccc(F)cc1. The van der Waals surface area contributed by atoms with E-state index < -0.39 is 15.9 Å². The first-order valence-electron chi connectivity index (χ1n) is 7.93. The van der Waals surface area contributed by atoms with Crippen molar-refractivity contribution in [3.05, 3.63) is 71.8 Å². The number of aromatic nitrogens is 2. The molecule has 3 rings (SSSR count). The molecule has 9 heteroatoms. The van der Waals surface area contributed by atoms with Crippen molar-refractivity contribution >= 4 is 27.3 Å². The maximum absolute atomic E-state index is 13.1. The summed E-state index contributed by atoms with van der Waals surface area (Å²) in [6.07, 6.45) is 2.43. The van der Waals surface area contributed by atoms with Gasteiger partial charge in [0.1, 0.15) is 5.82 Å². The Kier molecular flexibility index (Phi) is 4.95. The van der Waals surface area contributed by atoms with Crippen LogP contribution in [0.1, 0.15) is 16.1 Å². The molecule has 27 heavy (non-hydrogen) atoms. The minimum atomic E-state index is -3.49. The summed E-state index contributed by atoms with van der Waals surface area (Å²) in [5.41, 5.74) is 2.08. The number of nitrogens with zero attached hydrogens (tertiary/aromatic N) is 2. The van der Waals surface area contributed by atoms with Crippen LogP contribution >= 0.6 is 0 Å². The van der Waals surface area contributed by atoms with Crippen molar-refractivity contribution in [2.45, 2.75) is 6.92 Å². The molecule has 0 saturated heterocycles. The van der Waals surface area contributed by atoms with Crippen molar-refractivity contribution in [3.8, 4) is 5.69 Å². The molecule has 0 saturated carbocycles. The lowest BCUT2D eigenvalue weighted by Gasteiger charge is -2.12. The minimum absolute atomic E-state index is 0.261. The molecule has 0 aliphatic carbocycles. The van der Waals surface area contributed by atoms with Crippen LogP contribution in [0.2, 0.25) is 0 Å². The van der Waals surface area contributed by atoms with Crippen molar-refractivity contribution in [2.75, 3.05) is 16.3 Å². The highest BCUT2D eigenvalue weighted by molar-refractivity contribution is 7.92. The fraction of sp³-hybridized carbons (Fsp3) is 0.111. The van der Waals surface area contributed by atoms with Gasteiger partial charge >= 0.3 is 0 Å². The number of para-hydroxylation sites is 2. The number of sulfonamides is 1. The van der Waals surface area contributed by atoms with Gasteiger partial charge in [0.15, 0.2) is 0 Å². The lowest BCUT2D eigenvalue weighted by Crippen LogP contribution is -2.16. The van der Waals surface area contributed by atoms with Gasteiger partial charge in [0.05, 0.1) is 40.8 Å². The van der Waals surface area contributed by atoms with Crippen molar-refractivity contribution < 1.29 is 17.6 Å². The van der Waals surface area contributed by atoms with Crippen molar-refractivity contribution in [3.63, 3.8) is 0 Å². The molecule has 0 bridgehead atoms. The smallest absolute Gasteiger partial charge is 0.259 e.